The molecule has 5 nitrogen and oxygen atoms in total. The fourth-order valence-electron chi connectivity index (χ4n) is 3.98. The van der Waals surface area contributed by atoms with E-state index in [1.165, 1.54) is 28.4 Å². The van der Waals surface area contributed by atoms with Gasteiger partial charge < -0.3 is 9.88 Å². The van der Waals surface area contributed by atoms with Crippen molar-refractivity contribution in [1.29, 1.82) is 0 Å². The van der Waals surface area contributed by atoms with Crippen LogP contribution in [0.1, 0.15) is 28.4 Å². The van der Waals surface area contributed by atoms with Crippen LogP contribution in [-0.2, 0) is 6.42 Å². The molecule has 0 saturated carbocycles. The highest BCUT2D eigenvalue weighted by molar-refractivity contribution is 6.31. The molecular formula is C21H17Cl2N5. The first-order chi connectivity index (χ1) is 13.6. The van der Waals surface area contributed by atoms with Gasteiger partial charge in [0, 0.05) is 28.2 Å². The van der Waals surface area contributed by atoms with Crippen LogP contribution in [0.25, 0.3) is 10.9 Å². The molecule has 0 aliphatic carbocycles. The number of halogens is 2. The molecule has 140 valence electrons. The summed E-state index contributed by atoms with van der Waals surface area (Å²) in [5.41, 5.74) is 5.91. The van der Waals surface area contributed by atoms with Crippen LogP contribution in [0.5, 0.6) is 0 Å². The number of hydrogen-bond donors (Lipinski definition) is 1. The highest BCUT2D eigenvalue weighted by atomic mass is 35.5. The van der Waals surface area contributed by atoms with Crippen LogP contribution in [0.4, 0.5) is 5.95 Å². The lowest BCUT2D eigenvalue weighted by Crippen LogP contribution is -2.37. The molecule has 1 aliphatic heterocycles. The summed E-state index contributed by atoms with van der Waals surface area (Å²) in [6.45, 7) is 2.86. The van der Waals surface area contributed by atoms with E-state index in [-0.39, 0.29) is 11.3 Å². The molecule has 0 spiro atoms. The Morgan fingerprint density at radius 3 is 2.68 bits per heavy atom. The van der Waals surface area contributed by atoms with Crippen LogP contribution < -0.4 is 4.90 Å². The summed E-state index contributed by atoms with van der Waals surface area (Å²) < 4.78 is 0. The fraction of sp³-hybridized carbons (Fsp3) is 0.190. The van der Waals surface area contributed by atoms with E-state index in [0.717, 1.165) is 29.2 Å². The molecule has 0 fully saturated rings. The number of rotatable bonds is 2. The monoisotopic (exact) mass is 409 g/mol. The van der Waals surface area contributed by atoms with Crippen LogP contribution in [0.15, 0.2) is 48.8 Å². The van der Waals surface area contributed by atoms with Crippen molar-refractivity contribution in [1.82, 2.24) is 19.9 Å². The number of nitrogens with zero attached hydrogens (tertiary/aromatic N) is 4. The first kappa shape index (κ1) is 17.5. The molecule has 7 heteroatoms. The van der Waals surface area contributed by atoms with Gasteiger partial charge in [0.25, 0.3) is 0 Å². The maximum Gasteiger partial charge on any atom is 0.230 e. The number of anilines is 1. The van der Waals surface area contributed by atoms with Crippen molar-refractivity contribution in [2.75, 3.05) is 11.4 Å². The molecule has 4 aromatic rings. The summed E-state index contributed by atoms with van der Waals surface area (Å²) in [4.78, 5) is 18.5. The number of aromatic amines is 1. The van der Waals surface area contributed by atoms with Crippen molar-refractivity contribution in [3.8, 4) is 0 Å². The summed E-state index contributed by atoms with van der Waals surface area (Å²) >= 11 is 12.3. The lowest BCUT2D eigenvalue weighted by atomic mass is 9.92. The van der Waals surface area contributed by atoms with Gasteiger partial charge in [-0.15, -0.1) is 0 Å². The molecule has 1 N–H and O–H groups in total. The molecule has 2 aromatic heterocycles. The third kappa shape index (κ3) is 2.91. The van der Waals surface area contributed by atoms with E-state index in [0.29, 0.717) is 5.95 Å². The molecule has 2 aromatic carbocycles. The average Bonchev–Trinajstić information content (AvgIpc) is 3.06. The highest BCUT2D eigenvalue weighted by Gasteiger charge is 2.33. The fourth-order valence-corrected chi connectivity index (χ4v) is 4.27. The van der Waals surface area contributed by atoms with Crippen LogP contribution in [0, 0.1) is 6.92 Å². The number of fused-ring (bicyclic) bond motifs is 3. The van der Waals surface area contributed by atoms with Gasteiger partial charge in [0.15, 0.2) is 0 Å². The number of aryl methyl sites for hydroxylation is 1. The van der Waals surface area contributed by atoms with E-state index in [2.05, 4.69) is 56.0 Å². The Labute approximate surface area is 172 Å². The molecule has 1 unspecified atom stereocenters. The van der Waals surface area contributed by atoms with Crippen molar-refractivity contribution >= 4 is 40.1 Å². The third-order valence-electron chi connectivity index (χ3n) is 5.27. The Morgan fingerprint density at radius 1 is 1.07 bits per heavy atom. The largest absolute Gasteiger partial charge is 0.356 e. The molecular weight excluding hydrogens is 393 g/mol. The second-order valence-electron chi connectivity index (χ2n) is 7.02. The van der Waals surface area contributed by atoms with Crippen LogP contribution in [-0.4, -0.2) is 26.5 Å². The molecule has 1 atom stereocenters. The Bertz CT molecular complexity index is 1170. The lowest BCUT2D eigenvalue weighted by Gasteiger charge is -2.36. The molecule has 1 aliphatic rings. The van der Waals surface area contributed by atoms with Gasteiger partial charge in [0.2, 0.25) is 11.2 Å². The van der Waals surface area contributed by atoms with E-state index in [1.54, 1.807) is 0 Å². The average molecular weight is 410 g/mol. The zero-order valence-corrected chi connectivity index (χ0v) is 16.7. The molecule has 5 rings (SSSR count). The molecule has 0 bridgehead atoms. The van der Waals surface area contributed by atoms with Crippen LogP contribution >= 0.6 is 23.2 Å². The van der Waals surface area contributed by atoms with Gasteiger partial charge >= 0.3 is 0 Å². The standard InChI is InChI=1S/C21H17Cl2N5/c1-12-2-4-13(5-3-12)19-18-15(16-10-14(22)6-7-17(16)26-18)8-9-28(19)21-25-11-24-20(23)27-21/h2-7,10-11,19,26H,8-9H2,1H3. The molecule has 0 radical (unpaired) electrons. The predicted molar refractivity (Wildman–Crippen MR) is 112 cm³/mol. The van der Waals surface area contributed by atoms with Gasteiger partial charge in [-0.3, -0.25) is 0 Å². The predicted octanol–water partition coefficient (Wildman–Crippen LogP) is 5.12. The number of hydrogen-bond acceptors (Lipinski definition) is 4. The Kier molecular flexibility index (Phi) is 4.22. The Morgan fingerprint density at radius 2 is 1.89 bits per heavy atom. The van der Waals surface area contributed by atoms with Gasteiger partial charge in [0.1, 0.15) is 6.33 Å². The summed E-state index contributed by atoms with van der Waals surface area (Å²) in [6.07, 6.45) is 2.32. The SMILES string of the molecule is Cc1ccc(C2c3[nH]c4ccc(Cl)cc4c3CCN2c2ncnc(Cl)n2)cc1. The number of H-pyrrole nitrogens is 1. The van der Waals surface area contributed by atoms with E-state index in [9.17, 15) is 0 Å². The summed E-state index contributed by atoms with van der Waals surface area (Å²) in [6, 6.07) is 14.5. The van der Waals surface area contributed by atoms with Crippen molar-refractivity contribution in [2.24, 2.45) is 0 Å². The molecule has 0 amide bonds. The van der Waals surface area contributed by atoms with Crippen molar-refractivity contribution in [3.05, 3.63) is 81.5 Å². The summed E-state index contributed by atoms with van der Waals surface area (Å²) in [7, 11) is 0. The minimum atomic E-state index is -0.0472. The first-order valence-corrected chi connectivity index (χ1v) is 9.83. The maximum absolute atomic E-state index is 6.26. The van der Waals surface area contributed by atoms with E-state index < -0.39 is 0 Å². The zero-order valence-electron chi connectivity index (χ0n) is 15.2. The second kappa shape index (κ2) is 6.76. The maximum atomic E-state index is 6.26. The van der Waals surface area contributed by atoms with Gasteiger partial charge in [-0.1, -0.05) is 41.4 Å². The molecule has 0 saturated heterocycles. The minimum Gasteiger partial charge on any atom is -0.356 e. The second-order valence-corrected chi connectivity index (χ2v) is 7.79. The molecule has 3 heterocycles. The zero-order chi connectivity index (χ0) is 19.3. The quantitative estimate of drug-likeness (QED) is 0.498. The van der Waals surface area contributed by atoms with Crippen molar-refractivity contribution < 1.29 is 0 Å². The smallest absolute Gasteiger partial charge is 0.230 e. The number of benzene rings is 2. The molecule has 28 heavy (non-hydrogen) atoms. The van der Waals surface area contributed by atoms with Crippen LogP contribution in [0.2, 0.25) is 10.3 Å². The van der Waals surface area contributed by atoms with Gasteiger partial charge in [-0.25, -0.2) is 9.97 Å². The Hall–Kier alpha value is -2.63. The number of nitrogens with one attached hydrogen (secondary N) is 1. The first-order valence-electron chi connectivity index (χ1n) is 9.08. The van der Waals surface area contributed by atoms with Crippen LogP contribution in [0.3, 0.4) is 0 Å². The summed E-state index contributed by atoms with van der Waals surface area (Å²) in [5, 5.41) is 2.11. The third-order valence-corrected chi connectivity index (χ3v) is 5.69. The lowest BCUT2D eigenvalue weighted by molar-refractivity contribution is 0.624. The van der Waals surface area contributed by atoms with Crippen molar-refractivity contribution in [2.45, 2.75) is 19.4 Å². The Balaban J connectivity index is 1.72. The number of aromatic nitrogens is 4. The van der Waals surface area contributed by atoms with E-state index in [1.807, 2.05) is 18.2 Å². The van der Waals surface area contributed by atoms with E-state index >= 15 is 0 Å². The summed E-state index contributed by atoms with van der Waals surface area (Å²) in [5.74, 6) is 0.577. The van der Waals surface area contributed by atoms with Gasteiger partial charge in [-0.2, -0.15) is 4.98 Å². The minimum absolute atomic E-state index is 0.0472. The van der Waals surface area contributed by atoms with Crippen molar-refractivity contribution in [3.63, 3.8) is 0 Å². The topological polar surface area (TPSA) is 57.7 Å². The van der Waals surface area contributed by atoms with Gasteiger partial charge in [-0.05, 0) is 54.3 Å². The van der Waals surface area contributed by atoms with Gasteiger partial charge in [0.05, 0.1) is 6.04 Å². The highest BCUT2D eigenvalue weighted by Crippen LogP contribution is 2.40. The van der Waals surface area contributed by atoms with E-state index in [4.69, 9.17) is 23.2 Å². The normalized spacial score (nSPS) is 16.4.